The molecular weight excluding hydrogens is 276 g/mol. The molecule has 6 nitrogen and oxygen atoms in total. The number of nitrogens with zero attached hydrogens (tertiary/aromatic N) is 2. The lowest BCUT2D eigenvalue weighted by Gasteiger charge is -2.11. The third kappa shape index (κ3) is 3.37. The lowest BCUT2D eigenvalue weighted by atomic mass is 10.3. The summed E-state index contributed by atoms with van der Waals surface area (Å²) in [7, 11) is -1.76. The summed E-state index contributed by atoms with van der Waals surface area (Å²) in [5, 5.41) is 7.06. The van der Waals surface area contributed by atoms with Crippen LogP contribution in [0.5, 0.6) is 0 Å². The van der Waals surface area contributed by atoms with Crippen molar-refractivity contribution in [2.75, 3.05) is 11.9 Å². The molecule has 0 aliphatic rings. The SMILES string of the molecule is CCNc1ccccc1S(=O)(=O)NCc1cnn(C)c1. The quantitative estimate of drug-likeness (QED) is 0.843. The van der Waals surface area contributed by atoms with Gasteiger partial charge in [-0.1, -0.05) is 12.1 Å². The number of hydrogen-bond donors (Lipinski definition) is 2. The number of aromatic nitrogens is 2. The van der Waals surface area contributed by atoms with E-state index >= 15 is 0 Å². The highest BCUT2D eigenvalue weighted by Crippen LogP contribution is 2.20. The first-order valence-corrected chi connectivity index (χ1v) is 7.81. The van der Waals surface area contributed by atoms with Crippen LogP contribution >= 0.6 is 0 Å². The average molecular weight is 294 g/mol. The first-order valence-electron chi connectivity index (χ1n) is 6.33. The minimum atomic E-state index is -3.55. The number of hydrogen-bond acceptors (Lipinski definition) is 4. The van der Waals surface area contributed by atoms with Crippen LogP contribution in [0.4, 0.5) is 5.69 Å². The highest BCUT2D eigenvalue weighted by Gasteiger charge is 2.17. The Labute approximate surface area is 118 Å². The molecule has 0 aliphatic heterocycles. The molecule has 0 saturated carbocycles. The Hall–Kier alpha value is -1.86. The van der Waals surface area contributed by atoms with Crippen LogP contribution in [0.25, 0.3) is 0 Å². The van der Waals surface area contributed by atoms with Gasteiger partial charge in [0.15, 0.2) is 0 Å². The molecule has 0 fully saturated rings. The number of para-hydroxylation sites is 1. The minimum absolute atomic E-state index is 0.219. The van der Waals surface area contributed by atoms with E-state index in [0.717, 1.165) is 5.56 Å². The molecule has 108 valence electrons. The number of sulfonamides is 1. The fraction of sp³-hybridized carbons (Fsp3) is 0.308. The van der Waals surface area contributed by atoms with Gasteiger partial charge in [0.25, 0.3) is 0 Å². The Kier molecular flexibility index (Phi) is 4.41. The minimum Gasteiger partial charge on any atom is -0.384 e. The maximum absolute atomic E-state index is 12.3. The molecule has 0 radical (unpaired) electrons. The fourth-order valence-electron chi connectivity index (χ4n) is 1.86. The summed E-state index contributed by atoms with van der Waals surface area (Å²) in [6.07, 6.45) is 3.41. The predicted molar refractivity (Wildman–Crippen MR) is 77.8 cm³/mol. The Balaban J connectivity index is 2.18. The molecule has 2 N–H and O–H groups in total. The van der Waals surface area contributed by atoms with Gasteiger partial charge in [0.1, 0.15) is 4.90 Å². The molecule has 7 heteroatoms. The van der Waals surface area contributed by atoms with E-state index in [1.54, 1.807) is 48.4 Å². The third-order valence-electron chi connectivity index (χ3n) is 2.77. The van der Waals surface area contributed by atoms with Crippen LogP contribution in [0.2, 0.25) is 0 Å². The molecule has 1 aromatic heterocycles. The molecule has 0 atom stereocenters. The average Bonchev–Trinajstić information content (AvgIpc) is 2.83. The van der Waals surface area contributed by atoms with E-state index in [2.05, 4.69) is 15.1 Å². The van der Waals surface area contributed by atoms with Crippen molar-refractivity contribution in [2.24, 2.45) is 7.05 Å². The third-order valence-corrected chi connectivity index (χ3v) is 4.23. The number of benzene rings is 1. The van der Waals surface area contributed by atoms with Gasteiger partial charge in [0, 0.05) is 31.9 Å². The normalized spacial score (nSPS) is 11.5. The second-order valence-electron chi connectivity index (χ2n) is 4.37. The highest BCUT2D eigenvalue weighted by atomic mass is 32.2. The molecule has 0 spiro atoms. The van der Waals surface area contributed by atoms with Crippen LogP contribution in [0.1, 0.15) is 12.5 Å². The first kappa shape index (κ1) is 14.5. The molecule has 20 heavy (non-hydrogen) atoms. The van der Waals surface area contributed by atoms with Crippen molar-refractivity contribution in [1.82, 2.24) is 14.5 Å². The van der Waals surface area contributed by atoms with Crippen molar-refractivity contribution in [3.63, 3.8) is 0 Å². The van der Waals surface area contributed by atoms with Gasteiger partial charge in [-0.25, -0.2) is 13.1 Å². The van der Waals surface area contributed by atoms with Crippen molar-refractivity contribution < 1.29 is 8.42 Å². The van der Waals surface area contributed by atoms with E-state index in [9.17, 15) is 8.42 Å². The van der Waals surface area contributed by atoms with E-state index in [1.807, 2.05) is 6.92 Å². The van der Waals surface area contributed by atoms with Crippen LogP contribution in [0, 0.1) is 0 Å². The second kappa shape index (κ2) is 6.06. The molecule has 1 aromatic carbocycles. The summed E-state index contributed by atoms with van der Waals surface area (Å²) < 4.78 is 28.9. The number of nitrogens with one attached hydrogen (secondary N) is 2. The Morgan fingerprint density at radius 1 is 1.30 bits per heavy atom. The Morgan fingerprint density at radius 2 is 2.05 bits per heavy atom. The maximum atomic E-state index is 12.3. The Bertz CT molecular complexity index is 679. The zero-order valence-corrected chi connectivity index (χ0v) is 12.3. The summed E-state index contributed by atoms with van der Waals surface area (Å²) in [5.74, 6) is 0. The summed E-state index contributed by atoms with van der Waals surface area (Å²) >= 11 is 0. The van der Waals surface area contributed by atoms with E-state index in [0.29, 0.717) is 12.2 Å². The monoisotopic (exact) mass is 294 g/mol. The maximum Gasteiger partial charge on any atom is 0.242 e. The molecule has 2 rings (SSSR count). The zero-order chi connectivity index (χ0) is 14.6. The molecule has 0 saturated heterocycles. The summed E-state index contributed by atoms with van der Waals surface area (Å²) in [4.78, 5) is 0.255. The summed E-state index contributed by atoms with van der Waals surface area (Å²) in [6.45, 7) is 2.80. The topological polar surface area (TPSA) is 76.0 Å². The van der Waals surface area contributed by atoms with Crippen molar-refractivity contribution in [3.8, 4) is 0 Å². The van der Waals surface area contributed by atoms with Gasteiger partial charge in [-0.15, -0.1) is 0 Å². The number of rotatable bonds is 6. The van der Waals surface area contributed by atoms with Gasteiger partial charge in [-0.05, 0) is 19.1 Å². The standard InChI is InChI=1S/C13H18N4O2S/c1-3-14-12-6-4-5-7-13(12)20(18,19)16-9-11-8-15-17(2)10-11/h4-8,10,14,16H,3,9H2,1-2H3. The van der Waals surface area contributed by atoms with Gasteiger partial charge >= 0.3 is 0 Å². The lowest BCUT2D eigenvalue weighted by molar-refractivity contribution is 0.581. The van der Waals surface area contributed by atoms with Crippen LogP contribution in [-0.2, 0) is 23.6 Å². The van der Waals surface area contributed by atoms with E-state index in [-0.39, 0.29) is 11.4 Å². The van der Waals surface area contributed by atoms with E-state index in [1.165, 1.54) is 0 Å². The van der Waals surface area contributed by atoms with Crippen LogP contribution in [-0.4, -0.2) is 24.7 Å². The van der Waals surface area contributed by atoms with Gasteiger partial charge in [-0.3, -0.25) is 4.68 Å². The van der Waals surface area contributed by atoms with E-state index in [4.69, 9.17) is 0 Å². The molecule has 0 bridgehead atoms. The van der Waals surface area contributed by atoms with Crippen LogP contribution < -0.4 is 10.0 Å². The first-order chi connectivity index (χ1) is 9.53. The van der Waals surface area contributed by atoms with Crippen molar-refractivity contribution in [3.05, 3.63) is 42.2 Å². The van der Waals surface area contributed by atoms with Crippen molar-refractivity contribution >= 4 is 15.7 Å². The van der Waals surface area contributed by atoms with Gasteiger partial charge in [-0.2, -0.15) is 5.10 Å². The molecule has 2 aromatic rings. The van der Waals surface area contributed by atoms with Gasteiger partial charge < -0.3 is 5.32 Å². The zero-order valence-electron chi connectivity index (χ0n) is 11.5. The summed E-state index contributed by atoms with van der Waals surface area (Å²) in [5.41, 5.74) is 1.42. The second-order valence-corrected chi connectivity index (χ2v) is 6.11. The largest absolute Gasteiger partial charge is 0.384 e. The lowest BCUT2D eigenvalue weighted by Crippen LogP contribution is -2.24. The van der Waals surface area contributed by atoms with Crippen molar-refractivity contribution in [2.45, 2.75) is 18.4 Å². The predicted octanol–water partition coefficient (Wildman–Crippen LogP) is 1.33. The summed E-state index contributed by atoms with van der Waals surface area (Å²) in [6, 6.07) is 6.85. The fourth-order valence-corrected chi connectivity index (χ4v) is 3.06. The van der Waals surface area contributed by atoms with Crippen LogP contribution in [0.3, 0.4) is 0 Å². The number of anilines is 1. The Morgan fingerprint density at radius 3 is 2.70 bits per heavy atom. The molecule has 0 unspecified atom stereocenters. The smallest absolute Gasteiger partial charge is 0.242 e. The van der Waals surface area contributed by atoms with E-state index < -0.39 is 10.0 Å². The molecule has 0 aliphatic carbocycles. The van der Waals surface area contributed by atoms with Gasteiger partial charge in [0.05, 0.1) is 11.9 Å². The number of aryl methyl sites for hydroxylation is 1. The molecule has 0 amide bonds. The van der Waals surface area contributed by atoms with Crippen molar-refractivity contribution in [1.29, 1.82) is 0 Å². The highest BCUT2D eigenvalue weighted by molar-refractivity contribution is 7.89. The molecule has 1 heterocycles. The molecular formula is C13H18N4O2S. The van der Waals surface area contributed by atoms with Crippen LogP contribution in [0.15, 0.2) is 41.6 Å². The van der Waals surface area contributed by atoms with Gasteiger partial charge in [0.2, 0.25) is 10.0 Å².